The molecule has 0 heterocycles. The minimum atomic E-state index is -0.964. The highest BCUT2D eigenvalue weighted by molar-refractivity contribution is 6.30. The van der Waals surface area contributed by atoms with Gasteiger partial charge in [0.2, 0.25) is 0 Å². The minimum absolute atomic E-state index is 0.0378. The molecule has 3 aromatic carbocycles. The van der Waals surface area contributed by atoms with Gasteiger partial charge in [-0.1, -0.05) is 72.3 Å². The predicted molar refractivity (Wildman–Crippen MR) is 123 cm³/mol. The van der Waals surface area contributed by atoms with E-state index in [1.54, 1.807) is 48.5 Å². The summed E-state index contributed by atoms with van der Waals surface area (Å²) in [6.45, 7) is 0. The van der Waals surface area contributed by atoms with E-state index in [0.29, 0.717) is 16.1 Å². The first kappa shape index (κ1) is 22.9. The molecular weight excluding hydrogens is 420 g/mol. The van der Waals surface area contributed by atoms with Gasteiger partial charge in [-0.05, 0) is 36.2 Å². The summed E-state index contributed by atoms with van der Waals surface area (Å²) in [5.74, 6) is -2.49. The summed E-state index contributed by atoms with van der Waals surface area (Å²) in [6.07, 6.45) is 0.123. The average molecular weight is 441 g/mol. The van der Waals surface area contributed by atoms with Crippen molar-refractivity contribution >= 4 is 23.2 Å². The van der Waals surface area contributed by atoms with Crippen LogP contribution in [-0.2, 0) is 0 Å². The van der Waals surface area contributed by atoms with E-state index in [4.69, 9.17) is 11.6 Å². The van der Waals surface area contributed by atoms with Crippen LogP contribution in [0.1, 0.15) is 45.0 Å². The molecule has 2 unspecified atom stereocenters. The maximum absolute atomic E-state index is 13.6. The Kier molecular flexibility index (Phi) is 7.92. The first-order valence-electron chi connectivity index (χ1n) is 10.3. The third-order valence-electron chi connectivity index (χ3n) is 5.48. The van der Waals surface area contributed by atoms with Gasteiger partial charge >= 0.3 is 0 Å². The Balaban J connectivity index is 2.04. The van der Waals surface area contributed by atoms with Gasteiger partial charge in [0, 0.05) is 34.4 Å². The molecule has 0 aliphatic rings. The fourth-order valence-corrected chi connectivity index (χ4v) is 3.93. The van der Waals surface area contributed by atoms with Crippen LogP contribution in [0.5, 0.6) is 0 Å². The number of Topliss-reactive ketones (excluding diaryl/α,β-unsaturated/α-hetero) is 2. The van der Waals surface area contributed by atoms with E-state index in [1.165, 1.54) is 0 Å². The first-order valence-corrected chi connectivity index (χ1v) is 10.6. The molecule has 0 spiro atoms. The van der Waals surface area contributed by atoms with Crippen molar-refractivity contribution in [2.75, 3.05) is 0 Å². The standard InChI is InChI=1S/C27H21ClN2O2/c28-23-13-11-22(12-14-23)27(32)25(15-19(17-29)18-30)24(20-7-3-1-4-8-20)16-26(31)21-9-5-2-6-10-21/h1-14,19,24-25H,15-16H2. The van der Waals surface area contributed by atoms with E-state index in [1.807, 2.05) is 48.5 Å². The SMILES string of the molecule is N#CC(C#N)CC(C(=O)c1ccc(Cl)cc1)C(CC(=O)c1ccccc1)c1ccccc1. The summed E-state index contributed by atoms with van der Waals surface area (Å²) in [5, 5.41) is 19.3. The molecule has 0 saturated heterocycles. The highest BCUT2D eigenvalue weighted by atomic mass is 35.5. The van der Waals surface area contributed by atoms with Crippen molar-refractivity contribution in [3.8, 4) is 12.1 Å². The van der Waals surface area contributed by atoms with Crippen LogP contribution >= 0.6 is 11.6 Å². The molecule has 0 aliphatic heterocycles. The Morgan fingerprint density at radius 1 is 0.781 bits per heavy atom. The van der Waals surface area contributed by atoms with Crippen molar-refractivity contribution in [2.45, 2.75) is 18.8 Å². The van der Waals surface area contributed by atoms with Crippen LogP contribution < -0.4 is 0 Å². The second-order valence-corrected chi connectivity index (χ2v) is 7.97. The number of carbonyl (C=O) groups is 2. The number of benzene rings is 3. The van der Waals surface area contributed by atoms with Gasteiger partial charge < -0.3 is 0 Å². The molecule has 0 N–H and O–H groups in total. The Morgan fingerprint density at radius 3 is 1.91 bits per heavy atom. The largest absolute Gasteiger partial charge is 0.294 e. The zero-order valence-electron chi connectivity index (χ0n) is 17.3. The normalized spacial score (nSPS) is 12.4. The quantitative estimate of drug-likeness (QED) is 0.368. The van der Waals surface area contributed by atoms with Gasteiger partial charge in [0.05, 0.1) is 12.1 Å². The maximum Gasteiger partial charge on any atom is 0.166 e. The Morgan fingerprint density at radius 2 is 1.34 bits per heavy atom. The number of halogens is 1. The first-order chi connectivity index (χ1) is 15.5. The van der Waals surface area contributed by atoms with Crippen LogP contribution in [0.2, 0.25) is 5.02 Å². The van der Waals surface area contributed by atoms with Crippen LogP contribution in [0, 0.1) is 34.5 Å². The Labute approximate surface area is 192 Å². The minimum Gasteiger partial charge on any atom is -0.294 e. The molecule has 0 bridgehead atoms. The second kappa shape index (κ2) is 11.0. The van der Waals surface area contributed by atoms with E-state index >= 15 is 0 Å². The summed E-state index contributed by atoms with van der Waals surface area (Å²) < 4.78 is 0. The predicted octanol–water partition coefficient (Wildman–Crippen LogP) is 6.25. The van der Waals surface area contributed by atoms with Crippen LogP contribution in [0.3, 0.4) is 0 Å². The number of rotatable bonds is 9. The third kappa shape index (κ3) is 5.70. The van der Waals surface area contributed by atoms with E-state index in [-0.39, 0.29) is 24.4 Å². The topological polar surface area (TPSA) is 81.7 Å². The number of ketones is 2. The van der Waals surface area contributed by atoms with Crippen LogP contribution in [0.25, 0.3) is 0 Å². The molecule has 0 saturated carbocycles. The lowest BCUT2D eigenvalue weighted by atomic mass is 9.74. The molecule has 32 heavy (non-hydrogen) atoms. The zero-order valence-corrected chi connectivity index (χ0v) is 18.1. The molecule has 0 radical (unpaired) electrons. The van der Waals surface area contributed by atoms with E-state index in [2.05, 4.69) is 0 Å². The Bertz CT molecular complexity index is 1130. The molecule has 0 amide bonds. The molecule has 3 aromatic rings. The van der Waals surface area contributed by atoms with Crippen LogP contribution in [0.4, 0.5) is 0 Å². The average Bonchev–Trinajstić information content (AvgIpc) is 2.85. The summed E-state index contributed by atoms with van der Waals surface area (Å²) in [5.41, 5.74) is 1.81. The molecule has 0 aromatic heterocycles. The molecular formula is C27H21ClN2O2. The lowest BCUT2D eigenvalue weighted by Gasteiger charge is -2.27. The van der Waals surface area contributed by atoms with Crippen molar-refractivity contribution < 1.29 is 9.59 Å². The van der Waals surface area contributed by atoms with E-state index in [9.17, 15) is 20.1 Å². The van der Waals surface area contributed by atoms with Crippen molar-refractivity contribution in [1.29, 1.82) is 10.5 Å². The monoisotopic (exact) mass is 440 g/mol. The van der Waals surface area contributed by atoms with Crippen LogP contribution in [0.15, 0.2) is 84.9 Å². The molecule has 4 nitrogen and oxygen atoms in total. The van der Waals surface area contributed by atoms with Gasteiger partial charge in [-0.2, -0.15) is 10.5 Å². The van der Waals surface area contributed by atoms with Gasteiger partial charge in [-0.15, -0.1) is 0 Å². The van der Waals surface area contributed by atoms with Gasteiger partial charge in [0.15, 0.2) is 11.6 Å². The summed E-state index contributed by atoms with van der Waals surface area (Å²) >= 11 is 5.98. The molecule has 2 atom stereocenters. The van der Waals surface area contributed by atoms with E-state index in [0.717, 1.165) is 5.56 Å². The molecule has 158 valence electrons. The Hall–Kier alpha value is -3.73. The lowest BCUT2D eigenvalue weighted by Crippen LogP contribution is -2.27. The van der Waals surface area contributed by atoms with Gasteiger partial charge in [-0.3, -0.25) is 9.59 Å². The number of hydrogen-bond acceptors (Lipinski definition) is 4. The lowest BCUT2D eigenvalue weighted by molar-refractivity contribution is 0.0864. The van der Waals surface area contributed by atoms with Gasteiger partial charge in [0.25, 0.3) is 0 Å². The maximum atomic E-state index is 13.6. The highest BCUT2D eigenvalue weighted by Crippen LogP contribution is 2.36. The summed E-state index contributed by atoms with van der Waals surface area (Å²) in [4.78, 5) is 26.7. The second-order valence-electron chi connectivity index (χ2n) is 7.53. The molecule has 3 rings (SSSR count). The highest BCUT2D eigenvalue weighted by Gasteiger charge is 2.34. The smallest absolute Gasteiger partial charge is 0.166 e. The number of nitriles is 2. The van der Waals surface area contributed by atoms with Crippen LogP contribution in [-0.4, -0.2) is 11.6 Å². The molecule has 0 fully saturated rings. The number of carbonyl (C=O) groups excluding carboxylic acids is 2. The number of hydrogen-bond donors (Lipinski definition) is 0. The summed E-state index contributed by atoms with van der Waals surface area (Å²) in [6, 6.07) is 28.7. The number of nitrogens with zero attached hydrogens (tertiary/aromatic N) is 2. The van der Waals surface area contributed by atoms with E-state index < -0.39 is 17.8 Å². The third-order valence-corrected chi connectivity index (χ3v) is 5.73. The molecule has 0 aliphatic carbocycles. The van der Waals surface area contributed by atoms with Crippen molar-refractivity contribution in [2.24, 2.45) is 11.8 Å². The fourth-order valence-electron chi connectivity index (χ4n) is 3.80. The van der Waals surface area contributed by atoms with Crippen molar-refractivity contribution in [3.63, 3.8) is 0 Å². The molecule has 5 heteroatoms. The van der Waals surface area contributed by atoms with Gasteiger partial charge in [-0.25, -0.2) is 0 Å². The summed E-state index contributed by atoms with van der Waals surface area (Å²) in [7, 11) is 0. The van der Waals surface area contributed by atoms with Gasteiger partial charge in [0.1, 0.15) is 5.92 Å². The van der Waals surface area contributed by atoms with Crippen molar-refractivity contribution in [3.05, 3.63) is 107 Å². The zero-order chi connectivity index (χ0) is 22.9. The fraction of sp³-hybridized carbons (Fsp3) is 0.185. The van der Waals surface area contributed by atoms with Crippen molar-refractivity contribution in [1.82, 2.24) is 0 Å².